The van der Waals surface area contributed by atoms with Crippen molar-refractivity contribution in [3.63, 3.8) is 0 Å². The number of carboxylic acid groups (broad SMARTS) is 1. The maximum atomic E-state index is 12.6. The Morgan fingerprint density at radius 3 is 2.41 bits per heavy atom. The number of rotatable bonds is 3. The van der Waals surface area contributed by atoms with Gasteiger partial charge in [-0.05, 0) is 52.9 Å². The third-order valence-electron chi connectivity index (χ3n) is 5.87. The van der Waals surface area contributed by atoms with Crippen LogP contribution in [-0.4, -0.2) is 17.0 Å². The van der Waals surface area contributed by atoms with Crippen molar-refractivity contribution in [1.82, 2.24) is 0 Å². The van der Waals surface area contributed by atoms with Gasteiger partial charge in [-0.25, -0.2) is 0 Å². The number of amides is 1. The first kappa shape index (κ1) is 15.8. The van der Waals surface area contributed by atoms with E-state index in [4.69, 9.17) is 0 Å². The van der Waals surface area contributed by atoms with Crippen LogP contribution in [0.5, 0.6) is 0 Å². The van der Waals surface area contributed by atoms with Gasteiger partial charge in [0.2, 0.25) is 0 Å². The van der Waals surface area contributed by atoms with Crippen LogP contribution >= 0.6 is 0 Å². The zero-order valence-corrected chi connectivity index (χ0v) is 14.8. The van der Waals surface area contributed by atoms with Gasteiger partial charge in [-0.3, -0.25) is 9.59 Å². The van der Waals surface area contributed by atoms with Crippen molar-refractivity contribution in [1.29, 1.82) is 0 Å². The van der Waals surface area contributed by atoms with E-state index >= 15 is 0 Å². The Morgan fingerprint density at radius 2 is 1.74 bits per heavy atom. The van der Waals surface area contributed by atoms with E-state index in [0.29, 0.717) is 6.54 Å². The van der Waals surface area contributed by atoms with E-state index in [1.165, 1.54) is 0 Å². The lowest BCUT2D eigenvalue weighted by Gasteiger charge is -2.37. The minimum absolute atomic E-state index is 0.0166. The fraction of sp³-hybridized carbons (Fsp3) is 0.130. The second kappa shape index (κ2) is 5.30. The summed E-state index contributed by atoms with van der Waals surface area (Å²) in [6.07, 6.45) is 0. The highest BCUT2D eigenvalue weighted by Gasteiger charge is 2.46. The third kappa shape index (κ3) is 2.04. The van der Waals surface area contributed by atoms with Gasteiger partial charge in [-0.1, -0.05) is 48.5 Å². The number of fused-ring (bicyclic) bond motifs is 3. The molecular formula is C23H17NO3. The second-order valence-corrected chi connectivity index (χ2v) is 7.29. The average Bonchev–Trinajstić information content (AvgIpc) is 3.04. The molecule has 4 nitrogen and oxygen atoms in total. The molecule has 1 atom stereocenters. The monoisotopic (exact) mass is 355 g/mol. The molecule has 0 aromatic heterocycles. The zero-order valence-electron chi connectivity index (χ0n) is 14.8. The van der Waals surface area contributed by atoms with Crippen molar-refractivity contribution >= 4 is 17.6 Å². The number of nitrogens with zero attached hydrogens (tertiary/aromatic N) is 1. The van der Waals surface area contributed by atoms with E-state index in [2.05, 4.69) is 0 Å². The maximum Gasteiger partial charge on any atom is 0.318 e. The molecule has 0 spiro atoms. The van der Waals surface area contributed by atoms with Gasteiger partial charge in [-0.15, -0.1) is 0 Å². The van der Waals surface area contributed by atoms with Gasteiger partial charge in [0, 0.05) is 11.3 Å². The van der Waals surface area contributed by atoms with E-state index in [1.807, 2.05) is 66.7 Å². The zero-order chi connectivity index (χ0) is 18.8. The molecule has 0 saturated heterocycles. The molecular weight excluding hydrogens is 338 g/mol. The van der Waals surface area contributed by atoms with Crippen LogP contribution in [0.25, 0.3) is 11.1 Å². The molecule has 1 N–H and O–H groups in total. The molecule has 6 rings (SSSR count). The normalized spacial score (nSPS) is 19.6. The van der Waals surface area contributed by atoms with Crippen LogP contribution in [0.4, 0.5) is 5.69 Å². The molecule has 0 radical (unpaired) electrons. The molecule has 1 aliphatic heterocycles. The summed E-state index contributed by atoms with van der Waals surface area (Å²) in [5.41, 5.74) is 5.28. The number of carboxylic acids is 1. The van der Waals surface area contributed by atoms with E-state index in [9.17, 15) is 14.7 Å². The van der Waals surface area contributed by atoms with Crippen molar-refractivity contribution in [2.75, 3.05) is 4.90 Å². The summed E-state index contributed by atoms with van der Waals surface area (Å²) in [5, 5.41) is 9.61. The second-order valence-electron chi connectivity index (χ2n) is 7.29. The predicted molar refractivity (Wildman–Crippen MR) is 103 cm³/mol. The molecule has 1 unspecified atom stereocenters. The Labute approximate surface area is 156 Å². The van der Waals surface area contributed by atoms with Gasteiger partial charge >= 0.3 is 5.97 Å². The fourth-order valence-electron chi connectivity index (χ4n) is 4.12. The van der Waals surface area contributed by atoms with Crippen molar-refractivity contribution in [3.8, 4) is 11.1 Å². The Balaban J connectivity index is 1.48. The Hall–Kier alpha value is -3.40. The van der Waals surface area contributed by atoms with Gasteiger partial charge < -0.3 is 10.0 Å². The SMILES string of the molecule is CC1(C(=O)O)c2ccc(-c3ccc(N4Cc5ccccc5C4=O)cc3)c1c2. The topological polar surface area (TPSA) is 57.6 Å². The van der Waals surface area contributed by atoms with Gasteiger partial charge in [-0.2, -0.15) is 0 Å². The summed E-state index contributed by atoms with van der Waals surface area (Å²) in [6.45, 7) is 2.32. The summed E-state index contributed by atoms with van der Waals surface area (Å²) < 4.78 is 0. The van der Waals surface area contributed by atoms with Crippen LogP contribution in [0.2, 0.25) is 0 Å². The Kier molecular flexibility index (Phi) is 3.11. The van der Waals surface area contributed by atoms with Crippen LogP contribution in [0.1, 0.15) is 34.0 Å². The van der Waals surface area contributed by atoms with Crippen LogP contribution in [0.3, 0.4) is 0 Å². The number of carbonyl (C=O) groups excluding carboxylic acids is 1. The maximum absolute atomic E-state index is 12.6. The number of benzene rings is 3. The number of aliphatic carboxylic acids is 1. The molecule has 27 heavy (non-hydrogen) atoms. The van der Waals surface area contributed by atoms with E-state index < -0.39 is 11.4 Å². The van der Waals surface area contributed by atoms with Crippen molar-refractivity contribution in [2.45, 2.75) is 18.9 Å². The molecule has 3 aromatic carbocycles. The highest BCUT2D eigenvalue weighted by atomic mass is 16.4. The van der Waals surface area contributed by atoms with Gasteiger partial charge in [0.15, 0.2) is 0 Å². The Bertz CT molecular complexity index is 1110. The summed E-state index contributed by atoms with van der Waals surface area (Å²) in [5.74, 6) is -0.808. The van der Waals surface area contributed by atoms with Crippen LogP contribution < -0.4 is 4.90 Å². The van der Waals surface area contributed by atoms with E-state index in [-0.39, 0.29) is 5.91 Å². The molecule has 3 aromatic rings. The van der Waals surface area contributed by atoms with Crippen LogP contribution in [-0.2, 0) is 16.8 Å². The van der Waals surface area contributed by atoms with Crippen molar-refractivity contribution < 1.29 is 14.7 Å². The van der Waals surface area contributed by atoms with E-state index in [0.717, 1.165) is 39.1 Å². The first-order chi connectivity index (χ1) is 13.0. The number of hydrogen-bond acceptors (Lipinski definition) is 2. The first-order valence-electron chi connectivity index (χ1n) is 8.89. The standard InChI is InChI=1S/C23H17NO3/c1-23(22(26)27)16-8-11-18(20(23)12-16)14-6-9-17(10-7-14)24-13-15-4-2-3-5-19(15)21(24)25/h2-12H,13H2,1H3,(H,26,27). The van der Waals surface area contributed by atoms with Crippen molar-refractivity contribution in [3.05, 3.63) is 89.0 Å². The third-order valence-corrected chi connectivity index (χ3v) is 5.87. The lowest BCUT2D eigenvalue weighted by atomic mass is 9.64. The molecule has 3 aliphatic rings. The molecule has 2 aliphatic carbocycles. The minimum Gasteiger partial charge on any atom is -0.480 e. The summed E-state index contributed by atoms with van der Waals surface area (Å²) in [7, 11) is 0. The Morgan fingerprint density at radius 1 is 1.00 bits per heavy atom. The molecule has 4 heteroatoms. The molecule has 0 fully saturated rings. The molecule has 0 saturated carbocycles. The lowest BCUT2D eigenvalue weighted by Crippen LogP contribution is -2.40. The fourth-order valence-corrected chi connectivity index (χ4v) is 4.12. The number of carbonyl (C=O) groups is 2. The first-order valence-corrected chi connectivity index (χ1v) is 8.89. The van der Waals surface area contributed by atoms with Gasteiger partial charge in [0.05, 0.1) is 6.54 Å². The predicted octanol–water partition coefficient (Wildman–Crippen LogP) is 4.22. The lowest BCUT2D eigenvalue weighted by molar-refractivity contribution is -0.142. The summed E-state index contributed by atoms with van der Waals surface area (Å²) in [6, 6.07) is 21.2. The highest BCUT2D eigenvalue weighted by Crippen LogP contribution is 2.47. The van der Waals surface area contributed by atoms with Gasteiger partial charge in [0.25, 0.3) is 5.91 Å². The van der Waals surface area contributed by atoms with E-state index in [1.54, 1.807) is 11.8 Å². The average molecular weight is 355 g/mol. The molecule has 2 bridgehead atoms. The smallest absolute Gasteiger partial charge is 0.318 e. The number of hydrogen-bond donors (Lipinski definition) is 1. The molecule has 1 amide bonds. The van der Waals surface area contributed by atoms with Crippen molar-refractivity contribution in [2.24, 2.45) is 0 Å². The summed E-state index contributed by atoms with van der Waals surface area (Å²) in [4.78, 5) is 26.1. The van der Waals surface area contributed by atoms with Crippen LogP contribution in [0.15, 0.2) is 66.7 Å². The van der Waals surface area contributed by atoms with Gasteiger partial charge in [0.1, 0.15) is 5.41 Å². The molecule has 1 heterocycles. The quantitative estimate of drug-likeness (QED) is 0.765. The van der Waals surface area contributed by atoms with Crippen LogP contribution in [0, 0.1) is 0 Å². The molecule has 132 valence electrons. The minimum atomic E-state index is -0.921. The summed E-state index contributed by atoms with van der Waals surface area (Å²) >= 11 is 0. The number of anilines is 1. The largest absolute Gasteiger partial charge is 0.480 e. The highest BCUT2D eigenvalue weighted by molar-refractivity contribution is 6.10.